The average Bonchev–Trinajstić information content (AvgIpc) is 2.59. The first kappa shape index (κ1) is 12.2. The molecule has 0 bridgehead atoms. The Bertz CT molecular complexity index is 474. The van der Waals surface area contributed by atoms with Crippen molar-refractivity contribution in [1.29, 1.82) is 0 Å². The van der Waals surface area contributed by atoms with Crippen molar-refractivity contribution in [2.24, 2.45) is 11.1 Å². The van der Waals surface area contributed by atoms with Gasteiger partial charge in [-0.3, -0.25) is 4.79 Å². The maximum absolute atomic E-state index is 13.1. The van der Waals surface area contributed by atoms with E-state index in [9.17, 15) is 9.18 Å². The molecule has 0 radical (unpaired) electrons. The zero-order valence-electron chi connectivity index (χ0n) is 9.52. The van der Waals surface area contributed by atoms with Crippen LogP contribution in [-0.2, 0) is 11.2 Å². The average molecular weight is 251 g/mol. The SMILES string of the molecule is CC1(Cc2cccc(F)c2)C=CSC1C(N)=O. The zero-order valence-corrected chi connectivity index (χ0v) is 10.3. The second kappa shape index (κ2) is 4.53. The molecule has 1 aromatic carbocycles. The van der Waals surface area contributed by atoms with Gasteiger partial charge < -0.3 is 5.73 Å². The Labute approximate surface area is 104 Å². The molecule has 4 heteroatoms. The first-order valence-electron chi connectivity index (χ1n) is 5.38. The molecule has 90 valence electrons. The van der Waals surface area contributed by atoms with Gasteiger partial charge in [0.15, 0.2) is 0 Å². The second-order valence-electron chi connectivity index (χ2n) is 4.53. The quantitative estimate of drug-likeness (QED) is 0.897. The Morgan fingerprint density at radius 3 is 3.00 bits per heavy atom. The molecule has 2 atom stereocenters. The minimum absolute atomic E-state index is 0.253. The minimum atomic E-state index is -0.329. The van der Waals surface area contributed by atoms with Gasteiger partial charge in [-0.25, -0.2) is 4.39 Å². The number of allylic oxidation sites excluding steroid dienone is 1. The van der Waals surface area contributed by atoms with Crippen molar-refractivity contribution in [2.75, 3.05) is 0 Å². The van der Waals surface area contributed by atoms with Crippen LogP contribution in [0.3, 0.4) is 0 Å². The first-order valence-corrected chi connectivity index (χ1v) is 6.32. The van der Waals surface area contributed by atoms with Crippen LogP contribution in [0, 0.1) is 11.2 Å². The van der Waals surface area contributed by atoms with Crippen molar-refractivity contribution in [3.05, 3.63) is 47.1 Å². The Kier molecular flexibility index (Phi) is 3.24. The molecule has 2 unspecified atom stereocenters. The van der Waals surface area contributed by atoms with Crippen LogP contribution in [-0.4, -0.2) is 11.2 Å². The Hall–Kier alpha value is -1.29. The van der Waals surface area contributed by atoms with Gasteiger partial charge in [0.25, 0.3) is 0 Å². The van der Waals surface area contributed by atoms with Crippen molar-refractivity contribution in [3.63, 3.8) is 0 Å². The highest BCUT2D eigenvalue weighted by atomic mass is 32.2. The largest absolute Gasteiger partial charge is 0.369 e. The topological polar surface area (TPSA) is 43.1 Å². The van der Waals surface area contributed by atoms with E-state index in [-0.39, 0.29) is 22.4 Å². The number of amides is 1. The van der Waals surface area contributed by atoms with Gasteiger partial charge in [-0.05, 0) is 29.5 Å². The van der Waals surface area contributed by atoms with E-state index in [0.29, 0.717) is 6.42 Å². The molecule has 1 aliphatic heterocycles. The van der Waals surface area contributed by atoms with Crippen LogP contribution in [0.4, 0.5) is 4.39 Å². The van der Waals surface area contributed by atoms with Gasteiger partial charge in [-0.1, -0.05) is 25.1 Å². The van der Waals surface area contributed by atoms with Gasteiger partial charge in [0.1, 0.15) is 5.82 Å². The van der Waals surface area contributed by atoms with E-state index < -0.39 is 0 Å². The highest BCUT2D eigenvalue weighted by Crippen LogP contribution is 2.42. The lowest BCUT2D eigenvalue weighted by molar-refractivity contribution is -0.118. The van der Waals surface area contributed by atoms with Crippen LogP contribution in [0.25, 0.3) is 0 Å². The van der Waals surface area contributed by atoms with E-state index in [4.69, 9.17) is 5.73 Å². The standard InChI is InChI=1S/C13H14FNOS/c1-13(5-6-17-11(13)12(15)16)8-9-3-2-4-10(14)7-9/h2-7,11H,8H2,1H3,(H2,15,16). The fraction of sp³-hybridized carbons (Fsp3) is 0.308. The Morgan fingerprint density at radius 2 is 2.35 bits per heavy atom. The molecule has 1 amide bonds. The summed E-state index contributed by atoms with van der Waals surface area (Å²) in [6.45, 7) is 1.98. The van der Waals surface area contributed by atoms with E-state index in [1.165, 1.54) is 23.9 Å². The predicted molar refractivity (Wildman–Crippen MR) is 67.9 cm³/mol. The van der Waals surface area contributed by atoms with E-state index in [1.807, 2.05) is 24.5 Å². The van der Waals surface area contributed by atoms with Gasteiger partial charge in [-0.2, -0.15) is 0 Å². The van der Waals surface area contributed by atoms with E-state index in [2.05, 4.69) is 0 Å². The maximum Gasteiger partial charge on any atom is 0.231 e. The smallest absolute Gasteiger partial charge is 0.231 e. The van der Waals surface area contributed by atoms with E-state index >= 15 is 0 Å². The number of benzene rings is 1. The fourth-order valence-corrected chi connectivity index (χ4v) is 3.30. The summed E-state index contributed by atoms with van der Waals surface area (Å²) in [6, 6.07) is 6.46. The molecule has 0 aliphatic carbocycles. The number of nitrogens with two attached hydrogens (primary N) is 1. The first-order chi connectivity index (χ1) is 8.01. The monoisotopic (exact) mass is 251 g/mol. The lowest BCUT2D eigenvalue weighted by Gasteiger charge is -2.27. The van der Waals surface area contributed by atoms with E-state index in [1.54, 1.807) is 6.07 Å². The molecule has 0 saturated carbocycles. The Morgan fingerprint density at radius 1 is 1.59 bits per heavy atom. The third-order valence-corrected chi connectivity index (χ3v) is 4.33. The van der Waals surface area contributed by atoms with Crippen LogP contribution in [0.1, 0.15) is 12.5 Å². The van der Waals surface area contributed by atoms with Crippen LogP contribution in [0.15, 0.2) is 35.7 Å². The molecular formula is C13H14FNOS. The highest BCUT2D eigenvalue weighted by Gasteiger charge is 2.39. The summed E-state index contributed by atoms with van der Waals surface area (Å²) in [5.74, 6) is -0.574. The van der Waals surface area contributed by atoms with Gasteiger partial charge >= 0.3 is 0 Å². The van der Waals surface area contributed by atoms with Crippen molar-refractivity contribution < 1.29 is 9.18 Å². The summed E-state index contributed by atoms with van der Waals surface area (Å²) in [6.07, 6.45) is 2.60. The van der Waals surface area contributed by atoms with Crippen LogP contribution in [0.5, 0.6) is 0 Å². The fourth-order valence-electron chi connectivity index (χ4n) is 2.15. The molecule has 2 nitrogen and oxygen atoms in total. The molecule has 1 heterocycles. The molecule has 1 aromatic rings. The molecular weight excluding hydrogens is 237 g/mol. The number of rotatable bonds is 3. The van der Waals surface area contributed by atoms with Gasteiger partial charge in [0.05, 0.1) is 5.25 Å². The number of hydrogen-bond donors (Lipinski definition) is 1. The molecule has 2 N–H and O–H groups in total. The molecule has 0 aromatic heterocycles. The van der Waals surface area contributed by atoms with Crippen LogP contribution in [0.2, 0.25) is 0 Å². The highest BCUT2D eigenvalue weighted by molar-refractivity contribution is 8.03. The molecule has 1 aliphatic rings. The molecule has 0 saturated heterocycles. The summed E-state index contributed by atoms with van der Waals surface area (Å²) in [7, 11) is 0. The third kappa shape index (κ3) is 2.52. The summed E-state index contributed by atoms with van der Waals surface area (Å²) >= 11 is 1.43. The lowest BCUT2D eigenvalue weighted by Crippen LogP contribution is -2.38. The van der Waals surface area contributed by atoms with Crippen LogP contribution < -0.4 is 5.73 Å². The molecule has 0 fully saturated rings. The second-order valence-corrected chi connectivity index (χ2v) is 5.55. The zero-order chi connectivity index (χ0) is 12.5. The lowest BCUT2D eigenvalue weighted by atomic mass is 9.80. The minimum Gasteiger partial charge on any atom is -0.369 e. The summed E-state index contributed by atoms with van der Waals surface area (Å²) < 4.78 is 13.1. The number of primary amides is 1. The third-order valence-electron chi connectivity index (χ3n) is 2.99. The number of thioether (sulfide) groups is 1. The summed E-state index contributed by atoms with van der Waals surface area (Å²) in [5, 5.41) is 1.63. The van der Waals surface area contributed by atoms with E-state index in [0.717, 1.165) is 5.56 Å². The normalized spacial score (nSPS) is 27.3. The van der Waals surface area contributed by atoms with Gasteiger partial charge in [0.2, 0.25) is 5.91 Å². The molecule has 2 rings (SSSR count). The van der Waals surface area contributed by atoms with Crippen LogP contribution >= 0.6 is 11.8 Å². The van der Waals surface area contributed by atoms with Crippen molar-refractivity contribution in [1.82, 2.24) is 0 Å². The molecule has 17 heavy (non-hydrogen) atoms. The number of hydrogen-bond acceptors (Lipinski definition) is 2. The number of halogens is 1. The van der Waals surface area contributed by atoms with Gasteiger partial charge in [-0.15, -0.1) is 11.8 Å². The van der Waals surface area contributed by atoms with Crippen molar-refractivity contribution in [3.8, 4) is 0 Å². The summed E-state index contributed by atoms with van der Waals surface area (Å²) in [5.41, 5.74) is 5.93. The number of carbonyl (C=O) groups excluding carboxylic acids is 1. The number of carbonyl (C=O) groups is 1. The maximum atomic E-state index is 13.1. The predicted octanol–water partition coefficient (Wildman–Crippen LogP) is 2.49. The summed E-state index contributed by atoms with van der Waals surface area (Å²) in [4.78, 5) is 11.4. The molecule has 0 spiro atoms. The van der Waals surface area contributed by atoms with Gasteiger partial charge in [0, 0.05) is 5.41 Å². The van der Waals surface area contributed by atoms with Crippen molar-refractivity contribution >= 4 is 17.7 Å². The Balaban J connectivity index is 2.22. The van der Waals surface area contributed by atoms with Crippen molar-refractivity contribution in [2.45, 2.75) is 18.6 Å².